The number of esters is 3. The summed E-state index contributed by atoms with van der Waals surface area (Å²) < 4.78 is 34.4. The van der Waals surface area contributed by atoms with Crippen LogP contribution in [0.25, 0.3) is 0 Å². The van der Waals surface area contributed by atoms with Crippen LogP contribution in [0.15, 0.2) is 18.2 Å². The summed E-state index contributed by atoms with van der Waals surface area (Å²) in [6.45, 7) is 15.5. The number of nitro benzene ring substituents is 1. The number of carbonyl (C=O) groups excluding carboxylic acids is 3. The van der Waals surface area contributed by atoms with Gasteiger partial charge in [-0.05, 0) is 31.1 Å². The molecule has 0 unspecified atom stereocenters. The molecule has 1 aliphatic rings. The molecule has 1 heterocycles. The van der Waals surface area contributed by atoms with Gasteiger partial charge in [0.25, 0.3) is 5.69 Å². The molecule has 0 spiro atoms. The third-order valence-electron chi connectivity index (χ3n) is 6.53. The van der Waals surface area contributed by atoms with Gasteiger partial charge in [0.05, 0.1) is 23.7 Å². The first kappa shape index (κ1) is 31.2. The van der Waals surface area contributed by atoms with E-state index in [1.807, 2.05) is 0 Å². The SMILES string of the molecule is CC(=O)O[C@@H]1[C@@H](OC(C)=O)[C@H](Oc2cc([N+](=O)[O-])ccc2CO[Si](C)(C)C(C)(C)C)O[C@H](C)[C@H]1OC(C)=O. The number of non-ortho nitro benzene ring substituents is 1. The van der Waals surface area contributed by atoms with Crippen LogP contribution in [0, 0.1) is 10.1 Å². The molecule has 5 atom stereocenters. The van der Waals surface area contributed by atoms with Gasteiger partial charge in [-0.15, -0.1) is 0 Å². The minimum absolute atomic E-state index is 0.0692. The molecule has 13 heteroatoms. The molecule has 1 saturated heterocycles. The Morgan fingerprint density at radius 1 is 0.974 bits per heavy atom. The number of rotatable bonds is 9. The standard InChI is InChI=1S/C25H37NO11Si/c1-14-21(34-15(2)27)22(35-16(3)28)23(36-17(4)29)24(33-14)37-20-12-19(26(30)31)11-10-18(20)13-32-38(8,9)25(5,6)7/h10-12,14,21-24H,13H2,1-9H3/t14-,21-,22+,23-,24+/m1/s1. The number of carbonyl (C=O) groups is 3. The minimum atomic E-state index is -2.19. The second-order valence-electron chi connectivity index (χ2n) is 10.6. The summed E-state index contributed by atoms with van der Waals surface area (Å²) in [5.41, 5.74) is 0.266. The van der Waals surface area contributed by atoms with Gasteiger partial charge in [-0.1, -0.05) is 20.8 Å². The quantitative estimate of drug-likeness (QED) is 0.143. The van der Waals surface area contributed by atoms with Gasteiger partial charge in [0, 0.05) is 32.4 Å². The average Bonchev–Trinajstić information content (AvgIpc) is 2.76. The number of hydrogen-bond acceptors (Lipinski definition) is 11. The van der Waals surface area contributed by atoms with Crippen LogP contribution >= 0.6 is 0 Å². The monoisotopic (exact) mass is 555 g/mol. The molecular weight excluding hydrogens is 518 g/mol. The van der Waals surface area contributed by atoms with Gasteiger partial charge in [0.15, 0.2) is 20.5 Å². The molecule has 0 bridgehead atoms. The molecule has 0 radical (unpaired) electrons. The maximum Gasteiger partial charge on any atom is 0.303 e. The highest BCUT2D eigenvalue weighted by Gasteiger charge is 2.51. The van der Waals surface area contributed by atoms with Crippen LogP contribution < -0.4 is 4.74 Å². The number of nitrogens with zero attached hydrogens (tertiary/aromatic N) is 1. The van der Waals surface area contributed by atoms with Gasteiger partial charge in [-0.2, -0.15) is 0 Å². The summed E-state index contributed by atoms with van der Waals surface area (Å²) in [6.07, 6.45) is -5.94. The molecular formula is C25H37NO11Si. The van der Waals surface area contributed by atoms with Crippen molar-refractivity contribution in [2.24, 2.45) is 0 Å². The molecule has 1 aromatic rings. The van der Waals surface area contributed by atoms with E-state index in [2.05, 4.69) is 33.9 Å². The van der Waals surface area contributed by atoms with E-state index in [1.165, 1.54) is 25.1 Å². The molecule has 0 saturated carbocycles. The van der Waals surface area contributed by atoms with Crippen LogP contribution in [-0.4, -0.2) is 61.9 Å². The molecule has 1 aromatic carbocycles. The summed E-state index contributed by atoms with van der Waals surface area (Å²) >= 11 is 0. The Labute approximate surface area is 223 Å². The van der Waals surface area contributed by atoms with E-state index in [-0.39, 0.29) is 23.1 Å². The molecule has 1 aliphatic heterocycles. The molecule has 212 valence electrons. The molecule has 1 fully saturated rings. The van der Waals surface area contributed by atoms with Gasteiger partial charge >= 0.3 is 17.9 Å². The van der Waals surface area contributed by atoms with Crippen LogP contribution in [0.5, 0.6) is 5.75 Å². The van der Waals surface area contributed by atoms with Crippen molar-refractivity contribution in [3.63, 3.8) is 0 Å². The van der Waals surface area contributed by atoms with E-state index >= 15 is 0 Å². The molecule has 0 N–H and O–H groups in total. The lowest BCUT2D eigenvalue weighted by atomic mass is 9.98. The summed E-state index contributed by atoms with van der Waals surface area (Å²) in [7, 11) is -2.19. The Morgan fingerprint density at radius 3 is 2.00 bits per heavy atom. The third kappa shape index (κ3) is 7.98. The highest BCUT2D eigenvalue weighted by molar-refractivity contribution is 6.74. The normalized spacial score (nSPS) is 23.8. The topological polar surface area (TPSA) is 150 Å². The first-order chi connectivity index (χ1) is 17.4. The lowest BCUT2D eigenvalue weighted by Gasteiger charge is -2.43. The van der Waals surface area contributed by atoms with Gasteiger partial charge in [-0.3, -0.25) is 24.5 Å². The summed E-state index contributed by atoms with van der Waals surface area (Å²) in [6, 6.07) is 4.09. The molecule has 0 aliphatic carbocycles. The minimum Gasteiger partial charge on any atom is -0.460 e. The Morgan fingerprint density at radius 2 is 1.50 bits per heavy atom. The van der Waals surface area contributed by atoms with Crippen LogP contribution in [0.2, 0.25) is 18.1 Å². The number of nitro groups is 1. The summed E-state index contributed by atoms with van der Waals surface area (Å²) in [5, 5.41) is 11.4. The molecule has 2 rings (SSSR count). The zero-order valence-electron chi connectivity index (χ0n) is 23.3. The first-order valence-corrected chi connectivity index (χ1v) is 15.1. The Hall–Kier alpha value is -3.03. The largest absolute Gasteiger partial charge is 0.460 e. The fourth-order valence-corrected chi connectivity index (χ4v) is 4.50. The van der Waals surface area contributed by atoms with E-state index < -0.39 is 61.9 Å². The predicted molar refractivity (Wildman–Crippen MR) is 137 cm³/mol. The first-order valence-electron chi connectivity index (χ1n) is 12.2. The maximum atomic E-state index is 12.0. The van der Waals surface area contributed by atoms with Crippen LogP contribution in [-0.2, 0) is 44.4 Å². The van der Waals surface area contributed by atoms with Crippen molar-refractivity contribution in [1.82, 2.24) is 0 Å². The average molecular weight is 556 g/mol. The highest BCUT2D eigenvalue weighted by atomic mass is 28.4. The molecule has 0 aromatic heterocycles. The van der Waals surface area contributed by atoms with E-state index in [1.54, 1.807) is 6.92 Å². The fraction of sp³-hybridized carbons (Fsp3) is 0.640. The lowest BCUT2D eigenvalue weighted by molar-refractivity contribution is -0.385. The fourth-order valence-electron chi connectivity index (χ4n) is 3.55. The van der Waals surface area contributed by atoms with Crippen LogP contribution in [0.1, 0.15) is 54.0 Å². The lowest BCUT2D eigenvalue weighted by Crippen LogP contribution is -2.62. The molecule has 0 amide bonds. The van der Waals surface area contributed by atoms with Crippen LogP contribution in [0.4, 0.5) is 5.69 Å². The van der Waals surface area contributed by atoms with Crippen LogP contribution in [0.3, 0.4) is 0 Å². The Balaban J connectivity index is 2.50. The zero-order chi connectivity index (χ0) is 29.0. The van der Waals surface area contributed by atoms with E-state index in [9.17, 15) is 24.5 Å². The summed E-state index contributed by atoms with van der Waals surface area (Å²) in [5.74, 6) is -2.04. The van der Waals surface area contributed by atoms with Gasteiger partial charge in [0.2, 0.25) is 12.4 Å². The van der Waals surface area contributed by atoms with Gasteiger partial charge in [-0.25, -0.2) is 0 Å². The number of hydrogen-bond donors (Lipinski definition) is 0. The van der Waals surface area contributed by atoms with Crippen molar-refractivity contribution < 1.29 is 47.4 Å². The zero-order valence-corrected chi connectivity index (χ0v) is 24.3. The van der Waals surface area contributed by atoms with Gasteiger partial charge in [0.1, 0.15) is 5.75 Å². The third-order valence-corrected chi connectivity index (χ3v) is 11.0. The van der Waals surface area contributed by atoms with Crippen molar-refractivity contribution in [2.75, 3.05) is 0 Å². The second kappa shape index (κ2) is 12.2. The summed E-state index contributed by atoms with van der Waals surface area (Å²) in [4.78, 5) is 46.6. The van der Waals surface area contributed by atoms with Gasteiger partial charge < -0.3 is 28.1 Å². The number of ether oxygens (including phenoxy) is 5. The van der Waals surface area contributed by atoms with Crippen molar-refractivity contribution in [3.8, 4) is 5.75 Å². The van der Waals surface area contributed by atoms with E-state index in [0.717, 1.165) is 13.8 Å². The smallest absolute Gasteiger partial charge is 0.303 e. The Kier molecular flexibility index (Phi) is 10.0. The van der Waals surface area contributed by atoms with Crippen molar-refractivity contribution in [3.05, 3.63) is 33.9 Å². The van der Waals surface area contributed by atoms with Crippen molar-refractivity contribution >= 4 is 31.9 Å². The predicted octanol–water partition coefficient (Wildman–Crippen LogP) is 4.04. The highest BCUT2D eigenvalue weighted by Crippen LogP contribution is 2.38. The molecule has 12 nitrogen and oxygen atoms in total. The molecule has 38 heavy (non-hydrogen) atoms. The number of benzene rings is 1. The van der Waals surface area contributed by atoms with E-state index in [4.69, 9.17) is 28.1 Å². The van der Waals surface area contributed by atoms with E-state index in [0.29, 0.717) is 5.56 Å². The van der Waals surface area contributed by atoms with Crippen molar-refractivity contribution in [2.45, 2.75) is 104 Å². The van der Waals surface area contributed by atoms with Crippen molar-refractivity contribution in [1.29, 1.82) is 0 Å². The second-order valence-corrected chi connectivity index (χ2v) is 15.5. The Bertz CT molecular complexity index is 1050. The maximum absolute atomic E-state index is 12.0.